The van der Waals surface area contributed by atoms with Gasteiger partial charge >= 0.3 is 0 Å². The van der Waals surface area contributed by atoms with Crippen molar-refractivity contribution in [2.24, 2.45) is 0 Å². The van der Waals surface area contributed by atoms with E-state index in [9.17, 15) is 0 Å². The Morgan fingerprint density at radius 2 is 0.909 bits per heavy atom. The van der Waals surface area contributed by atoms with E-state index in [4.69, 9.17) is 0 Å². The molecule has 5 rings (SSSR count). The molecule has 0 aliphatic carbocycles. The molecule has 0 N–H and O–H groups in total. The fourth-order valence-electron chi connectivity index (χ4n) is 4.13. The molecule has 158 valence electrons. The molecule has 0 spiro atoms. The lowest BCUT2D eigenvalue weighted by Gasteiger charge is -2.29. The van der Waals surface area contributed by atoms with E-state index in [1.165, 1.54) is 16.7 Å². The van der Waals surface area contributed by atoms with Gasteiger partial charge in [0.1, 0.15) is 0 Å². The molecule has 5 aromatic rings. The maximum Gasteiger partial charge on any atom is 0.0546 e. The van der Waals surface area contributed by atoms with Crippen molar-refractivity contribution in [2.45, 2.75) is 0 Å². The SMILES string of the molecule is C(=C(/c1ccccc1-c1ccccc1)N(c1ccccc1)c1ccccc1)/c1ccccc1. The normalized spacial score (nSPS) is 11.2. The fourth-order valence-corrected chi connectivity index (χ4v) is 4.13. The first-order valence-electron chi connectivity index (χ1n) is 11.2. The molecular weight excluding hydrogens is 398 g/mol. The summed E-state index contributed by atoms with van der Waals surface area (Å²) in [5, 5.41) is 0. The van der Waals surface area contributed by atoms with Crippen molar-refractivity contribution in [3.8, 4) is 11.1 Å². The van der Waals surface area contributed by atoms with Crippen LogP contribution in [0.3, 0.4) is 0 Å². The minimum atomic E-state index is 1.12. The first-order chi connectivity index (χ1) is 16.4. The molecular formula is C32H25N. The summed E-state index contributed by atoms with van der Waals surface area (Å²) in [6, 6.07) is 50.9. The van der Waals surface area contributed by atoms with Gasteiger partial charge in [-0.2, -0.15) is 0 Å². The topological polar surface area (TPSA) is 3.24 Å². The van der Waals surface area contributed by atoms with Gasteiger partial charge in [-0.15, -0.1) is 0 Å². The molecule has 0 heterocycles. The van der Waals surface area contributed by atoms with Crippen molar-refractivity contribution < 1.29 is 0 Å². The zero-order valence-corrected chi connectivity index (χ0v) is 18.4. The van der Waals surface area contributed by atoms with Crippen LogP contribution in [0.2, 0.25) is 0 Å². The molecule has 0 fully saturated rings. The lowest BCUT2D eigenvalue weighted by molar-refractivity contribution is 1.30. The van der Waals surface area contributed by atoms with Gasteiger partial charge in [-0.25, -0.2) is 0 Å². The highest BCUT2D eigenvalue weighted by atomic mass is 15.1. The Kier molecular flexibility index (Phi) is 6.13. The van der Waals surface area contributed by atoms with Gasteiger partial charge in [0.05, 0.1) is 5.70 Å². The second kappa shape index (κ2) is 9.84. The summed E-state index contributed by atoms with van der Waals surface area (Å²) in [5.41, 5.74) is 8.11. The highest BCUT2D eigenvalue weighted by Crippen LogP contribution is 2.39. The van der Waals surface area contributed by atoms with Crippen LogP contribution in [0.5, 0.6) is 0 Å². The third kappa shape index (κ3) is 4.63. The van der Waals surface area contributed by atoms with Gasteiger partial charge in [0.2, 0.25) is 0 Å². The van der Waals surface area contributed by atoms with E-state index >= 15 is 0 Å². The predicted molar refractivity (Wildman–Crippen MR) is 141 cm³/mol. The van der Waals surface area contributed by atoms with Gasteiger partial charge < -0.3 is 4.90 Å². The van der Waals surface area contributed by atoms with Crippen LogP contribution < -0.4 is 4.90 Å². The molecule has 5 aromatic carbocycles. The van der Waals surface area contributed by atoms with Crippen LogP contribution in [0.4, 0.5) is 11.4 Å². The average molecular weight is 424 g/mol. The number of hydrogen-bond acceptors (Lipinski definition) is 1. The predicted octanol–water partition coefficient (Wildman–Crippen LogP) is 8.69. The van der Waals surface area contributed by atoms with Gasteiger partial charge in [0, 0.05) is 16.9 Å². The largest absolute Gasteiger partial charge is 0.310 e. The van der Waals surface area contributed by atoms with E-state index in [2.05, 4.69) is 157 Å². The summed E-state index contributed by atoms with van der Waals surface area (Å²) in [7, 11) is 0. The Hall–Kier alpha value is -4.36. The Morgan fingerprint density at radius 3 is 1.48 bits per heavy atom. The summed E-state index contributed by atoms with van der Waals surface area (Å²) in [6.45, 7) is 0. The van der Waals surface area contributed by atoms with Crippen molar-refractivity contribution in [1.29, 1.82) is 0 Å². The van der Waals surface area contributed by atoms with E-state index in [1.807, 2.05) is 0 Å². The molecule has 0 bridgehead atoms. The zero-order chi connectivity index (χ0) is 22.3. The molecule has 0 amide bonds. The number of anilines is 2. The van der Waals surface area contributed by atoms with E-state index in [1.54, 1.807) is 0 Å². The molecule has 33 heavy (non-hydrogen) atoms. The van der Waals surface area contributed by atoms with Crippen LogP contribution in [0.25, 0.3) is 22.9 Å². The van der Waals surface area contributed by atoms with E-state index in [-0.39, 0.29) is 0 Å². The number of benzene rings is 5. The maximum absolute atomic E-state index is 2.34. The third-order valence-electron chi connectivity index (χ3n) is 5.66. The Balaban J connectivity index is 1.79. The summed E-state index contributed by atoms with van der Waals surface area (Å²) in [5.74, 6) is 0. The van der Waals surface area contributed by atoms with Crippen LogP contribution in [0.1, 0.15) is 11.1 Å². The first kappa shape index (κ1) is 20.5. The van der Waals surface area contributed by atoms with Crippen LogP contribution in [-0.4, -0.2) is 0 Å². The van der Waals surface area contributed by atoms with E-state index in [0.717, 1.165) is 22.6 Å². The smallest absolute Gasteiger partial charge is 0.0546 e. The standard InChI is InChI=1S/C32H25N/c1-5-15-26(16-6-1)25-32(31-24-14-13-23-30(31)27-17-7-2-8-18-27)33(28-19-9-3-10-20-28)29-21-11-4-12-22-29/h1-25H/b32-25+. The van der Waals surface area contributed by atoms with Crippen LogP contribution >= 0.6 is 0 Å². The summed E-state index contributed by atoms with van der Waals surface area (Å²) < 4.78 is 0. The minimum Gasteiger partial charge on any atom is -0.310 e. The van der Waals surface area contributed by atoms with Gasteiger partial charge in [-0.1, -0.05) is 121 Å². The van der Waals surface area contributed by atoms with Gasteiger partial charge in [-0.05, 0) is 47.0 Å². The van der Waals surface area contributed by atoms with Gasteiger partial charge in [-0.3, -0.25) is 0 Å². The van der Waals surface area contributed by atoms with E-state index in [0.29, 0.717) is 0 Å². The van der Waals surface area contributed by atoms with Crippen molar-refractivity contribution in [3.05, 3.63) is 157 Å². The zero-order valence-electron chi connectivity index (χ0n) is 18.4. The number of para-hydroxylation sites is 2. The summed E-state index contributed by atoms with van der Waals surface area (Å²) >= 11 is 0. The van der Waals surface area contributed by atoms with E-state index < -0.39 is 0 Å². The quantitative estimate of drug-likeness (QED) is 0.247. The molecule has 0 aliphatic heterocycles. The molecule has 0 saturated carbocycles. The second-order valence-corrected chi connectivity index (χ2v) is 7.86. The first-order valence-corrected chi connectivity index (χ1v) is 11.2. The average Bonchev–Trinajstić information content (AvgIpc) is 2.91. The molecule has 0 unspecified atom stereocenters. The molecule has 1 heteroatoms. The van der Waals surface area contributed by atoms with Crippen LogP contribution in [0.15, 0.2) is 146 Å². The monoisotopic (exact) mass is 423 g/mol. The van der Waals surface area contributed by atoms with Gasteiger partial charge in [0.15, 0.2) is 0 Å². The molecule has 1 nitrogen and oxygen atoms in total. The third-order valence-corrected chi connectivity index (χ3v) is 5.66. The molecule has 0 saturated heterocycles. The van der Waals surface area contributed by atoms with Crippen LogP contribution in [-0.2, 0) is 0 Å². The highest BCUT2D eigenvalue weighted by Gasteiger charge is 2.19. The second-order valence-electron chi connectivity index (χ2n) is 7.86. The summed E-state index contributed by atoms with van der Waals surface area (Å²) in [6.07, 6.45) is 2.28. The number of nitrogens with zero attached hydrogens (tertiary/aromatic N) is 1. The van der Waals surface area contributed by atoms with Crippen molar-refractivity contribution in [1.82, 2.24) is 0 Å². The molecule has 0 aromatic heterocycles. The lowest BCUT2D eigenvalue weighted by Crippen LogP contribution is -2.16. The minimum absolute atomic E-state index is 1.12. The Bertz CT molecular complexity index is 1290. The Morgan fingerprint density at radius 1 is 0.455 bits per heavy atom. The van der Waals surface area contributed by atoms with Crippen molar-refractivity contribution in [2.75, 3.05) is 4.90 Å². The number of hydrogen-bond donors (Lipinski definition) is 0. The van der Waals surface area contributed by atoms with Crippen molar-refractivity contribution >= 4 is 23.1 Å². The molecule has 0 aliphatic rings. The lowest BCUT2D eigenvalue weighted by atomic mass is 9.95. The maximum atomic E-state index is 2.34. The van der Waals surface area contributed by atoms with Gasteiger partial charge in [0.25, 0.3) is 0 Å². The molecule has 0 radical (unpaired) electrons. The Labute approximate surface area is 195 Å². The van der Waals surface area contributed by atoms with Crippen molar-refractivity contribution in [3.63, 3.8) is 0 Å². The number of rotatable bonds is 6. The fraction of sp³-hybridized carbons (Fsp3) is 0. The summed E-state index contributed by atoms with van der Waals surface area (Å²) in [4.78, 5) is 2.34. The van der Waals surface area contributed by atoms with Crippen LogP contribution in [0, 0.1) is 0 Å². The molecule has 0 atom stereocenters. The highest BCUT2D eigenvalue weighted by molar-refractivity contribution is 5.99.